The molecule has 0 unspecified atom stereocenters. The molecule has 6 nitrogen and oxygen atoms in total. The number of benzene rings is 2. The summed E-state index contributed by atoms with van der Waals surface area (Å²) in [7, 11) is 1.52. The Morgan fingerprint density at radius 3 is 2.79 bits per heavy atom. The molecular formula is C20H20ClN3O3S2. The molecule has 1 heterocycles. The number of rotatable bonds is 8. The molecule has 0 atom stereocenters. The van der Waals surface area contributed by atoms with Crippen LogP contribution in [0.25, 0.3) is 0 Å². The van der Waals surface area contributed by atoms with Gasteiger partial charge in [0.2, 0.25) is 0 Å². The predicted molar refractivity (Wildman–Crippen MR) is 117 cm³/mol. The number of methoxy groups -OCH3 is 1. The van der Waals surface area contributed by atoms with Crippen molar-refractivity contribution in [1.29, 1.82) is 0 Å². The summed E-state index contributed by atoms with van der Waals surface area (Å²) >= 11 is 9.24. The molecule has 0 aliphatic heterocycles. The maximum Gasteiger partial charge on any atom is 0.255 e. The Balaban J connectivity index is 1.82. The van der Waals surface area contributed by atoms with Crippen molar-refractivity contribution in [1.82, 2.24) is 10.2 Å². The zero-order chi connectivity index (χ0) is 20.8. The van der Waals surface area contributed by atoms with Gasteiger partial charge in [0.25, 0.3) is 5.91 Å². The van der Waals surface area contributed by atoms with Crippen LogP contribution in [0, 0.1) is 5.92 Å². The number of ether oxygens (including phenoxy) is 2. The Hall–Kier alpha value is -2.29. The molecule has 0 spiro atoms. The first-order chi connectivity index (χ1) is 14.0. The molecule has 0 saturated heterocycles. The molecule has 9 heteroatoms. The van der Waals surface area contributed by atoms with Crippen molar-refractivity contribution >= 4 is 46.3 Å². The number of halogens is 1. The van der Waals surface area contributed by atoms with Crippen molar-refractivity contribution < 1.29 is 14.3 Å². The van der Waals surface area contributed by atoms with Crippen LogP contribution < -0.4 is 14.8 Å². The highest BCUT2D eigenvalue weighted by atomic mass is 35.5. The first-order valence-corrected chi connectivity index (χ1v) is 10.9. The number of hydrogen-bond donors (Lipinski definition) is 1. The molecule has 152 valence electrons. The van der Waals surface area contributed by atoms with E-state index in [2.05, 4.69) is 15.5 Å². The average Bonchev–Trinajstić information content (AvgIpc) is 3.20. The van der Waals surface area contributed by atoms with Gasteiger partial charge in [0.15, 0.2) is 15.8 Å². The van der Waals surface area contributed by atoms with E-state index in [0.717, 1.165) is 9.24 Å². The lowest BCUT2D eigenvalue weighted by atomic mass is 10.1. The molecule has 0 bridgehead atoms. The third kappa shape index (κ3) is 5.62. The third-order valence-corrected chi connectivity index (χ3v) is 5.86. The van der Waals surface area contributed by atoms with Gasteiger partial charge in [-0.05, 0) is 30.2 Å². The zero-order valence-electron chi connectivity index (χ0n) is 16.1. The maximum absolute atomic E-state index is 12.9. The summed E-state index contributed by atoms with van der Waals surface area (Å²) in [6.45, 7) is 4.58. The van der Waals surface area contributed by atoms with Gasteiger partial charge in [-0.2, -0.15) is 0 Å². The Morgan fingerprint density at radius 2 is 2.10 bits per heavy atom. The van der Waals surface area contributed by atoms with Crippen LogP contribution in [0.1, 0.15) is 24.2 Å². The summed E-state index contributed by atoms with van der Waals surface area (Å²) in [5.41, 5.74) is 2.72. The molecule has 0 aliphatic carbocycles. The molecule has 3 rings (SSSR count). The normalized spacial score (nSPS) is 10.8. The molecule has 1 aromatic heterocycles. The highest BCUT2D eigenvalue weighted by Crippen LogP contribution is 2.38. The van der Waals surface area contributed by atoms with E-state index < -0.39 is 0 Å². The minimum Gasteiger partial charge on any atom is -0.493 e. The Labute approximate surface area is 182 Å². The van der Waals surface area contributed by atoms with Crippen molar-refractivity contribution in [3.05, 3.63) is 52.5 Å². The monoisotopic (exact) mass is 449 g/mol. The number of para-hydroxylation sites is 1. The first kappa shape index (κ1) is 21.4. The van der Waals surface area contributed by atoms with Crippen molar-refractivity contribution in [2.75, 3.05) is 19.0 Å². The lowest BCUT2D eigenvalue weighted by Crippen LogP contribution is -2.13. The van der Waals surface area contributed by atoms with Crippen molar-refractivity contribution in [2.45, 2.75) is 23.1 Å². The topological polar surface area (TPSA) is 73.3 Å². The van der Waals surface area contributed by atoms with E-state index in [4.69, 9.17) is 21.1 Å². The van der Waals surface area contributed by atoms with Gasteiger partial charge in [0.05, 0.1) is 24.4 Å². The SMILES string of the molecule is COc1cc(C(=O)Nc2ccccc2Sc2nncs2)cc(Cl)c1OCC(C)C. The van der Waals surface area contributed by atoms with Crippen LogP contribution in [-0.2, 0) is 0 Å². The molecule has 1 N–H and O–H groups in total. The van der Waals surface area contributed by atoms with Crippen LogP contribution in [0.4, 0.5) is 5.69 Å². The Bertz CT molecular complexity index is 981. The minimum atomic E-state index is -0.300. The summed E-state index contributed by atoms with van der Waals surface area (Å²) < 4.78 is 11.9. The van der Waals surface area contributed by atoms with Gasteiger partial charge < -0.3 is 14.8 Å². The minimum absolute atomic E-state index is 0.300. The predicted octanol–water partition coefficient (Wildman–Crippen LogP) is 5.64. The second-order valence-electron chi connectivity index (χ2n) is 6.45. The van der Waals surface area contributed by atoms with Crippen molar-refractivity contribution in [3.63, 3.8) is 0 Å². The smallest absolute Gasteiger partial charge is 0.255 e. The summed E-state index contributed by atoms with van der Waals surface area (Å²) in [5.74, 6) is 0.887. The maximum atomic E-state index is 12.9. The molecule has 1 amide bonds. The van der Waals surface area contributed by atoms with Gasteiger partial charge in [-0.15, -0.1) is 10.2 Å². The lowest BCUT2D eigenvalue weighted by molar-refractivity contribution is 0.102. The van der Waals surface area contributed by atoms with Gasteiger partial charge in [-0.3, -0.25) is 4.79 Å². The Morgan fingerprint density at radius 1 is 1.31 bits per heavy atom. The fourth-order valence-corrected chi connectivity index (χ4v) is 4.18. The van der Waals surface area contributed by atoms with Crippen LogP contribution in [0.3, 0.4) is 0 Å². The number of carbonyl (C=O) groups is 1. The lowest BCUT2D eigenvalue weighted by Gasteiger charge is -2.16. The molecule has 0 radical (unpaired) electrons. The van der Waals surface area contributed by atoms with Gasteiger partial charge in [-0.25, -0.2) is 0 Å². The second-order valence-corrected chi connectivity index (χ2v) is 8.98. The van der Waals surface area contributed by atoms with E-state index in [1.165, 1.54) is 30.2 Å². The highest BCUT2D eigenvalue weighted by molar-refractivity contribution is 8.01. The third-order valence-electron chi connectivity index (χ3n) is 3.73. The highest BCUT2D eigenvalue weighted by Gasteiger charge is 2.17. The van der Waals surface area contributed by atoms with E-state index in [0.29, 0.717) is 40.3 Å². The zero-order valence-corrected chi connectivity index (χ0v) is 18.5. The molecule has 0 fully saturated rings. The van der Waals surface area contributed by atoms with Crippen molar-refractivity contribution in [3.8, 4) is 11.5 Å². The molecule has 29 heavy (non-hydrogen) atoms. The molecule has 3 aromatic rings. The number of amides is 1. The number of hydrogen-bond acceptors (Lipinski definition) is 7. The van der Waals surface area contributed by atoms with Crippen LogP contribution >= 0.6 is 34.7 Å². The van der Waals surface area contributed by atoms with E-state index in [1.807, 2.05) is 38.1 Å². The largest absolute Gasteiger partial charge is 0.493 e. The van der Waals surface area contributed by atoms with Gasteiger partial charge in [0.1, 0.15) is 5.51 Å². The van der Waals surface area contributed by atoms with Crippen molar-refractivity contribution in [2.24, 2.45) is 5.92 Å². The molecular weight excluding hydrogens is 430 g/mol. The van der Waals surface area contributed by atoms with Gasteiger partial charge in [-0.1, -0.05) is 60.7 Å². The number of carbonyl (C=O) groups excluding carboxylic acids is 1. The standard InChI is InChI=1S/C20H20ClN3O3S2/c1-12(2)10-27-18-14(21)8-13(9-16(18)26-3)19(25)23-15-6-4-5-7-17(15)29-20-24-22-11-28-20/h4-9,11-12H,10H2,1-3H3,(H,23,25). The first-order valence-electron chi connectivity index (χ1n) is 8.82. The summed E-state index contributed by atoms with van der Waals surface area (Å²) in [5, 5.41) is 11.1. The number of nitrogens with one attached hydrogen (secondary N) is 1. The van der Waals surface area contributed by atoms with E-state index in [9.17, 15) is 4.79 Å². The van der Waals surface area contributed by atoms with Gasteiger partial charge >= 0.3 is 0 Å². The average molecular weight is 450 g/mol. The van der Waals surface area contributed by atoms with Crippen LogP contribution in [-0.4, -0.2) is 29.8 Å². The molecule has 0 saturated carbocycles. The van der Waals surface area contributed by atoms with E-state index >= 15 is 0 Å². The molecule has 2 aromatic carbocycles. The number of aromatic nitrogens is 2. The number of nitrogens with zero attached hydrogens (tertiary/aromatic N) is 2. The van der Waals surface area contributed by atoms with Crippen LogP contribution in [0.15, 0.2) is 51.1 Å². The van der Waals surface area contributed by atoms with E-state index in [1.54, 1.807) is 17.6 Å². The summed E-state index contributed by atoms with van der Waals surface area (Å²) in [4.78, 5) is 13.7. The quantitative estimate of drug-likeness (QED) is 0.479. The number of anilines is 1. The fraction of sp³-hybridized carbons (Fsp3) is 0.250. The summed E-state index contributed by atoms with van der Waals surface area (Å²) in [6.07, 6.45) is 0. The second kappa shape index (κ2) is 9.96. The molecule has 0 aliphatic rings. The van der Waals surface area contributed by atoms with Crippen LogP contribution in [0.5, 0.6) is 11.5 Å². The summed E-state index contributed by atoms with van der Waals surface area (Å²) in [6, 6.07) is 10.7. The van der Waals surface area contributed by atoms with Gasteiger partial charge in [0, 0.05) is 10.5 Å². The van der Waals surface area contributed by atoms with E-state index in [-0.39, 0.29) is 5.91 Å². The fourth-order valence-electron chi connectivity index (χ4n) is 2.40. The Kier molecular flexibility index (Phi) is 7.35. The van der Waals surface area contributed by atoms with Crippen LogP contribution in [0.2, 0.25) is 5.02 Å².